The molecule has 0 radical (unpaired) electrons. The summed E-state index contributed by atoms with van der Waals surface area (Å²) in [4.78, 5) is 2.68. The second kappa shape index (κ2) is 8.12. The number of likely N-dealkylation sites (tertiary alicyclic amines) is 1. The molecule has 0 aromatic rings. The third-order valence-corrected chi connectivity index (χ3v) is 3.39. The summed E-state index contributed by atoms with van der Waals surface area (Å²) in [6.07, 6.45) is 8.13. The van der Waals surface area contributed by atoms with Crippen LogP contribution in [0, 0.1) is 0 Å². The molecule has 1 saturated heterocycles. The molecule has 1 fully saturated rings. The Balaban J connectivity index is 2.09. The van der Waals surface area contributed by atoms with Gasteiger partial charge in [-0.15, -0.1) is 0 Å². The fraction of sp³-hybridized carbons (Fsp3) is 1.00. The number of unbranched alkanes of at least 4 members (excludes halogenated alkanes) is 2. The van der Waals surface area contributed by atoms with Crippen LogP contribution in [0.4, 0.5) is 0 Å². The molecule has 1 aliphatic rings. The van der Waals surface area contributed by atoms with Gasteiger partial charge >= 0.3 is 0 Å². The lowest BCUT2D eigenvalue weighted by Gasteiger charge is -2.24. The first-order valence-corrected chi connectivity index (χ1v) is 6.83. The van der Waals surface area contributed by atoms with Gasteiger partial charge in [-0.3, -0.25) is 4.90 Å². The molecule has 0 saturated carbocycles. The van der Waals surface area contributed by atoms with E-state index in [2.05, 4.69) is 24.1 Å². The van der Waals surface area contributed by atoms with E-state index in [1.54, 1.807) is 0 Å². The Kier molecular flexibility index (Phi) is 7.03. The molecular formula is C13H28N2. The van der Waals surface area contributed by atoms with E-state index in [0.717, 1.165) is 6.04 Å². The fourth-order valence-corrected chi connectivity index (χ4v) is 2.35. The van der Waals surface area contributed by atoms with E-state index < -0.39 is 0 Å². The van der Waals surface area contributed by atoms with Crippen molar-refractivity contribution < 1.29 is 0 Å². The van der Waals surface area contributed by atoms with Gasteiger partial charge in [0.05, 0.1) is 0 Å². The van der Waals surface area contributed by atoms with Crippen molar-refractivity contribution in [3.8, 4) is 0 Å². The Hall–Kier alpha value is -0.0800. The third-order valence-electron chi connectivity index (χ3n) is 3.39. The maximum absolute atomic E-state index is 3.59. The highest BCUT2D eigenvalue weighted by Crippen LogP contribution is 2.16. The smallest absolute Gasteiger partial charge is 0.0221 e. The number of hydrogen-bond donors (Lipinski definition) is 1. The van der Waals surface area contributed by atoms with Crippen molar-refractivity contribution in [2.24, 2.45) is 0 Å². The Labute approximate surface area is 95.4 Å². The maximum atomic E-state index is 3.59. The summed E-state index contributed by atoms with van der Waals surface area (Å²) in [6.45, 7) is 9.60. The number of rotatable bonds is 8. The number of nitrogens with one attached hydrogen (secondary N) is 1. The van der Waals surface area contributed by atoms with Crippen molar-refractivity contribution in [2.45, 2.75) is 58.4 Å². The van der Waals surface area contributed by atoms with Crippen LogP contribution in [-0.2, 0) is 0 Å². The van der Waals surface area contributed by atoms with Gasteiger partial charge in [0.1, 0.15) is 0 Å². The zero-order valence-corrected chi connectivity index (χ0v) is 10.6. The van der Waals surface area contributed by atoms with Gasteiger partial charge in [0.15, 0.2) is 0 Å². The van der Waals surface area contributed by atoms with E-state index in [1.165, 1.54) is 64.7 Å². The summed E-state index contributed by atoms with van der Waals surface area (Å²) >= 11 is 0. The predicted molar refractivity (Wildman–Crippen MR) is 67.3 cm³/mol. The quantitative estimate of drug-likeness (QED) is 0.622. The zero-order chi connectivity index (χ0) is 10.9. The summed E-state index contributed by atoms with van der Waals surface area (Å²) in [7, 11) is 0. The van der Waals surface area contributed by atoms with Crippen molar-refractivity contribution >= 4 is 0 Å². The topological polar surface area (TPSA) is 15.3 Å². The van der Waals surface area contributed by atoms with Crippen LogP contribution in [0.3, 0.4) is 0 Å². The normalized spacial score (nSPS) is 22.4. The average Bonchev–Trinajstić information content (AvgIpc) is 2.69. The summed E-state index contributed by atoms with van der Waals surface area (Å²) in [6, 6.07) is 0.827. The van der Waals surface area contributed by atoms with E-state index >= 15 is 0 Å². The molecule has 1 unspecified atom stereocenters. The van der Waals surface area contributed by atoms with Crippen molar-refractivity contribution in [3.05, 3.63) is 0 Å². The molecule has 0 bridgehead atoms. The van der Waals surface area contributed by atoms with Crippen LogP contribution in [0.2, 0.25) is 0 Å². The monoisotopic (exact) mass is 212 g/mol. The van der Waals surface area contributed by atoms with E-state index in [-0.39, 0.29) is 0 Å². The predicted octanol–water partition coefficient (Wildman–Crippen LogP) is 2.64. The van der Waals surface area contributed by atoms with Gasteiger partial charge in [0.25, 0.3) is 0 Å². The van der Waals surface area contributed by atoms with Crippen LogP contribution in [-0.4, -0.2) is 37.1 Å². The molecule has 0 aromatic carbocycles. The van der Waals surface area contributed by atoms with E-state index in [4.69, 9.17) is 0 Å². The summed E-state index contributed by atoms with van der Waals surface area (Å²) in [5, 5.41) is 3.59. The van der Waals surface area contributed by atoms with Crippen molar-refractivity contribution in [1.82, 2.24) is 10.2 Å². The third kappa shape index (κ3) is 4.98. The van der Waals surface area contributed by atoms with Crippen LogP contribution in [0.25, 0.3) is 0 Å². The molecule has 2 nitrogen and oxygen atoms in total. The first-order valence-electron chi connectivity index (χ1n) is 6.83. The van der Waals surface area contributed by atoms with Crippen LogP contribution in [0.5, 0.6) is 0 Å². The van der Waals surface area contributed by atoms with Crippen molar-refractivity contribution in [2.75, 3.05) is 26.2 Å². The second-order valence-electron chi connectivity index (χ2n) is 4.74. The first-order chi connectivity index (χ1) is 7.38. The standard InChI is InChI=1S/C13H28N2/c1-3-5-9-14-12-13-8-7-11-15(13)10-6-4-2/h13-14H,3-12H2,1-2H3. The van der Waals surface area contributed by atoms with Crippen LogP contribution >= 0.6 is 0 Å². The minimum absolute atomic E-state index is 0.827. The van der Waals surface area contributed by atoms with E-state index in [9.17, 15) is 0 Å². The lowest BCUT2D eigenvalue weighted by atomic mass is 10.2. The van der Waals surface area contributed by atoms with Gasteiger partial charge in [0.2, 0.25) is 0 Å². The lowest BCUT2D eigenvalue weighted by molar-refractivity contribution is 0.244. The summed E-state index contributed by atoms with van der Waals surface area (Å²) in [5.74, 6) is 0. The Morgan fingerprint density at radius 1 is 1.20 bits per heavy atom. The molecule has 0 aromatic heterocycles. The SMILES string of the molecule is CCCCNCC1CCCN1CCCC. The molecule has 0 aliphatic carbocycles. The van der Waals surface area contributed by atoms with Gasteiger partial charge in [0, 0.05) is 12.6 Å². The first kappa shape index (κ1) is 13.0. The molecule has 0 amide bonds. The van der Waals surface area contributed by atoms with Gasteiger partial charge in [-0.05, 0) is 45.3 Å². The summed E-state index contributed by atoms with van der Waals surface area (Å²) in [5.41, 5.74) is 0. The molecule has 90 valence electrons. The van der Waals surface area contributed by atoms with Gasteiger partial charge in [-0.2, -0.15) is 0 Å². The largest absolute Gasteiger partial charge is 0.315 e. The minimum atomic E-state index is 0.827. The molecule has 2 heteroatoms. The van der Waals surface area contributed by atoms with Gasteiger partial charge < -0.3 is 5.32 Å². The van der Waals surface area contributed by atoms with E-state index in [1.807, 2.05) is 0 Å². The number of hydrogen-bond acceptors (Lipinski definition) is 2. The number of nitrogens with zero attached hydrogens (tertiary/aromatic N) is 1. The lowest BCUT2D eigenvalue weighted by Crippen LogP contribution is -2.38. The minimum Gasteiger partial charge on any atom is -0.315 e. The average molecular weight is 212 g/mol. The molecule has 1 rings (SSSR count). The maximum Gasteiger partial charge on any atom is 0.0221 e. The van der Waals surface area contributed by atoms with Crippen LogP contribution in [0.1, 0.15) is 52.4 Å². The zero-order valence-electron chi connectivity index (χ0n) is 10.6. The summed E-state index contributed by atoms with van der Waals surface area (Å²) < 4.78 is 0. The molecule has 0 spiro atoms. The molecular weight excluding hydrogens is 184 g/mol. The van der Waals surface area contributed by atoms with Crippen LogP contribution < -0.4 is 5.32 Å². The molecule has 1 atom stereocenters. The Morgan fingerprint density at radius 2 is 2.00 bits per heavy atom. The Bertz CT molecular complexity index is 147. The molecule has 1 N–H and O–H groups in total. The van der Waals surface area contributed by atoms with Gasteiger partial charge in [-0.1, -0.05) is 26.7 Å². The van der Waals surface area contributed by atoms with Crippen molar-refractivity contribution in [3.63, 3.8) is 0 Å². The highest BCUT2D eigenvalue weighted by Gasteiger charge is 2.22. The fourth-order valence-electron chi connectivity index (χ4n) is 2.35. The Morgan fingerprint density at radius 3 is 2.73 bits per heavy atom. The molecule has 1 aliphatic heterocycles. The van der Waals surface area contributed by atoms with Crippen molar-refractivity contribution in [1.29, 1.82) is 0 Å². The molecule has 1 heterocycles. The highest BCUT2D eigenvalue weighted by atomic mass is 15.2. The second-order valence-corrected chi connectivity index (χ2v) is 4.74. The molecule has 15 heavy (non-hydrogen) atoms. The van der Waals surface area contributed by atoms with Crippen LogP contribution in [0.15, 0.2) is 0 Å². The van der Waals surface area contributed by atoms with E-state index in [0.29, 0.717) is 0 Å². The van der Waals surface area contributed by atoms with Gasteiger partial charge in [-0.25, -0.2) is 0 Å². The highest BCUT2D eigenvalue weighted by molar-refractivity contribution is 4.80.